The number of halogens is 1. The topological polar surface area (TPSA) is 70.2 Å². The smallest absolute Gasteiger partial charge is 0.263 e. The number of thiophene rings is 1. The highest BCUT2D eigenvalue weighted by Crippen LogP contribution is 2.40. The van der Waals surface area contributed by atoms with E-state index in [1.807, 2.05) is 13.8 Å². The first-order valence-corrected chi connectivity index (χ1v) is 10.8. The molecule has 0 bridgehead atoms. The van der Waals surface area contributed by atoms with Gasteiger partial charge in [-0.25, -0.2) is 13.8 Å². The third-order valence-electron chi connectivity index (χ3n) is 4.71. The van der Waals surface area contributed by atoms with E-state index >= 15 is 0 Å². The number of aryl methyl sites for hydroxylation is 2. The zero-order chi connectivity index (χ0) is 18.4. The molecular weight excluding hydrogens is 378 g/mol. The van der Waals surface area contributed by atoms with Crippen molar-refractivity contribution in [1.29, 1.82) is 0 Å². The van der Waals surface area contributed by atoms with Crippen LogP contribution in [-0.4, -0.2) is 14.5 Å². The minimum absolute atomic E-state index is 0.0447. The lowest BCUT2D eigenvalue weighted by atomic mass is 9.92. The summed E-state index contributed by atoms with van der Waals surface area (Å²) in [5.74, 6) is 0.275. The van der Waals surface area contributed by atoms with Gasteiger partial charge in [-0.15, -0.1) is 11.3 Å². The Hall–Kier alpha value is -1.12. The van der Waals surface area contributed by atoms with Gasteiger partial charge in [-0.05, 0) is 51.0 Å². The largest absolute Gasteiger partial charge is 0.280 e. The number of nitrogens with one attached hydrogen (secondary N) is 3. The highest BCUT2D eigenvalue weighted by molar-refractivity contribution is 7.93. The zero-order valence-corrected chi connectivity index (χ0v) is 16.9. The summed E-state index contributed by atoms with van der Waals surface area (Å²) in [4.78, 5) is 2.20. The SMILES string of the molecule is Cc1sc(C)c(S(=O)(=O)Nc2ccc(Cl)cc2)c1C1NNC(C)C1C. The normalized spacial score (nSPS) is 23.8. The minimum Gasteiger partial charge on any atom is -0.280 e. The van der Waals surface area contributed by atoms with Crippen molar-refractivity contribution >= 4 is 38.6 Å². The van der Waals surface area contributed by atoms with E-state index in [0.717, 1.165) is 15.3 Å². The fraction of sp³-hybridized carbons (Fsp3) is 0.412. The minimum atomic E-state index is -3.70. The molecule has 136 valence electrons. The van der Waals surface area contributed by atoms with Crippen molar-refractivity contribution in [2.75, 3.05) is 4.72 Å². The van der Waals surface area contributed by atoms with Crippen molar-refractivity contribution in [1.82, 2.24) is 10.9 Å². The number of anilines is 1. The summed E-state index contributed by atoms with van der Waals surface area (Å²) in [6.07, 6.45) is 0. The molecule has 2 aromatic rings. The maximum Gasteiger partial charge on any atom is 0.263 e. The van der Waals surface area contributed by atoms with Gasteiger partial charge in [-0.1, -0.05) is 18.5 Å². The molecule has 8 heteroatoms. The molecular formula is C17H22ClN3O2S2. The Morgan fingerprint density at radius 2 is 1.72 bits per heavy atom. The first-order chi connectivity index (χ1) is 11.7. The summed E-state index contributed by atoms with van der Waals surface area (Å²) in [5.41, 5.74) is 7.82. The number of hydrogen-bond donors (Lipinski definition) is 3. The van der Waals surface area contributed by atoms with Gasteiger partial charge in [-0.3, -0.25) is 10.1 Å². The highest BCUT2D eigenvalue weighted by atomic mass is 35.5. The Morgan fingerprint density at radius 1 is 1.08 bits per heavy atom. The fourth-order valence-electron chi connectivity index (χ4n) is 3.21. The van der Waals surface area contributed by atoms with Crippen LogP contribution in [0.3, 0.4) is 0 Å². The van der Waals surface area contributed by atoms with E-state index < -0.39 is 10.0 Å². The van der Waals surface area contributed by atoms with Gasteiger partial charge in [-0.2, -0.15) is 0 Å². The van der Waals surface area contributed by atoms with Crippen LogP contribution in [-0.2, 0) is 10.0 Å². The molecule has 1 fully saturated rings. The van der Waals surface area contributed by atoms with Crippen LogP contribution in [0.15, 0.2) is 29.2 Å². The molecule has 0 aliphatic carbocycles. The monoisotopic (exact) mass is 399 g/mol. The van der Waals surface area contributed by atoms with Crippen LogP contribution in [0.25, 0.3) is 0 Å². The summed E-state index contributed by atoms with van der Waals surface area (Å²) in [5, 5.41) is 0.565. The van der Waals surface area contributed by atoms with Crippen molar-refractivity contribution in [2.45, 2.75) is 44.7 Å². The summed E-state index contributed by atoms with van der Waals surface area (Å²) in [7, 11) is -3.70. The van der Waals surface area contributed by atoms with E-state index in [0.29, 0.717) is 15.6 Å². The Bertz CT molecular complexity index is 878. The van der Waals surface area contributed by atoms with Gasteiger partial charge in [0.1, 0.15) is 4.90 Å². The molecule has 3 rings (SSSR count). The fourth-order valence-corrected chi connectivity index (χ4v) is 6.35. The second-order valence-corrected chi connectivity index (χ2v) is 9.97. The van der Waals surface area contributed by atoms with Crippen molar-refractivity contribution < 1.29 is 8.42 Å². The Kier molecular flexibility index (Phi) is 5.14. The van der Waals surface area contributed by atoms with Gasteiger partial charge in [0, 0.05) is 32.1 Å². The molecule has 5 nitrogen and oxygen atoms in total. The van der Waals surface area contributed by atoms with E-state index in [4.69, 9.17) is 11.6 Å². The Labute approximate surface area is 157 Å². The maximum absolute atomic E-state index is 13.1. The Morgan fingerprint density at radius 3 is 2.28 bits per heavy atom. The molecule has 1 saturated heterocycles. The van der Waals surface area contributed by atoms with E-state index in [-0.39, 0.29) is 18.0 Å². The molecule has 0 amide bonds. The molecule has 1 aliphatic rings. The van der Waals surface area contributed by atoms with Crippen LogP contribution in [0.5, 0.6) is 0 Å². The molecule has 1 aromatic carbocycles. The standard InChI is InChI=1S/C17H22ClN3O2S2/c1-9-10(2)19-20-16(9)15-11(3)24-12(4)17(15)25(22,23)21-14-7-5-13(18)6-8-14/h5-10,16,19-21H,1-4H3. The molecule has 1 aliphatic heterocycles. The number of benzene rings is 1. The predicted octanol–water partition coefficient (Wildman–Crippen LogP) is 3.99. The predicted molar refractivity (Wildman–Crippen MR) is 104 cm³/mol. The van der Waals surface area contributed by atoms with Crippen LogP contribution in [0, 0.1) is 19.8 Å². The molecule has 1 aromatic heterocycles. The van der Waals surface area contributed by atoms with Crippen LogP contribution in [0.4, 0.5) is 5.69 Å². The molecule has 3 atom stereocenters. The van der Waals surface area contributed by atoms with E-state index in [9.17, 15) is 8.42 Å². The quantitative estimate of drug-likeness (QED) is 0.726. The van der Waals surface area contributed by atoms with Gasteiger partial charge in [0.2, 0.25) is 0 Å². The van der Waals surface area contributed by atoms with Crippen LogP contribution >= 0.6 is 22.9 Å². The lowest BCUT2D eigenvalue weighted by Gasteiger charge is -2.19. The van der Waals surface area contributed by atoms with Crippen molar-refractivity contribution in [2.24, 2.45) is 5.92 Å². The van der Waals surface area contributed by atoms with Gasteiger partial charge in [0.25, 0.3) is 10.0 Å². The first kappa shape index (κ1) is 18.7. The number of hydrogen-bond acceptors (Lipinski definition) is 5. The van der Waals surface area contributed by atoms with Crippen molar-refractivity contribution in [3.8, 4) is 0 Å². The highest BCUT2D eigenvalue weighted by Gasteiger charge is 2.37. The average Bonchev–Trinajstić information content (AvgIpc) is 3.01. The molecule has 0 spiro atoms. The average molecular weight is 400 g/mol. The zero-order valence-electron chi connectivity index (χ0n) is 14.6. The van der Waals surface area contributed by atoms with E-state index in [1.165, 1.54) is 11.3 Å². The Balaban J connectivity index is 2.03. The van der Waals surface area contributed by atoms with Crippen LogP contribution < -0.4 is 15.6 Å². The summed E-state index contributed by atoms with van der Waals surface area (Å²) < 4.78 is 28.9. The summed E-state index contributed by atoms with van der Waals surface area (Å²) in [6, 6.07) is 6.87. The third kappa shape index (κ3) is 3.57. The first-order valence-electron chi connectivity index (χ1n) is 8.10. The third-order valence-corrected chi connectivity index (χ3v) is 7.69. The molecule has 0 saturated carbocycles. The molecule has 25 heavy (non-hydrogen) atoms. The summed E-state index contributed by atoms with van der Waals surface area (Å²) >= 11 is 7.40. The second-order valence-electron chi connectivity index (χ2n) is 6.48. The molecule has 3 N–H and O–H groups in total. The molecule has 2 heterocycles. The maximum atomic E-state index is 13.1. The van der Waals surface area contributed by atoms with E-state index in [2.05, 4.69) is 29.4 Å². The molecule has 3 unspecified atom stereocenters. The van der Waals surface area contributed by atoms with Crippen molar-refractivity contribution in [3.05, 3.63) is 44.6 Å². The van der Waals surface area contributed by atoms with Crippen molar-refractivity contribution in [3.63, 3.8) is 0 Å². The number of sulfonamides is 1. The van der Waals surface area contributed by atoms with E-state index in [1.54, 1.807) is 24.3 Å². The lowest BCUT2D eigenvalue weighted by molar-refractivity contribution is 0.469. The van der Waals surface area contributed by atoms with Crippen LogP contribution in [0.2, 0.25) is 5.02 Å². The second kappa shape index (κ2) is 6.89. The number of hydrazine groups is 1. The summed E-state index contributed by atoms with van der Waals surface area (Å²) in [6.45, 7) is 8.05. The lowest BCUT2D eigenvalue weighted by Crippen LogP contribution is -2.29. The van der Waals surface area contributed by atoms with Crippen LogP contribution in [0.1, 0.15) is 35.2 Å². The van der Waals surface area contributed by atoms with Gasteiger partial charge >= 0.3 is 0 Å². The number of rotatable bonds is 4. The van der Waals surface area contributed by atoms with Gasteiger partial charge < -0.3 is 0 Å². The van der Waals surface area contributed by atoms with Gasteiger partial charge in [0.05, 0.1) is 6.04 Å². The molecule has 0 radical (unpaired) electrons. The van der Waals surface area contributed by atoms with Gasteiger partial charge in [0.15, 0.2) is 0 Å².